The lowest BCUT2D eigenvalue weighted by molar-refractivity contribution is 0.0131. The second-order valence-corrected chi connectivity index (χ2v) is 6.73. The van der Waals surface area contributed by atoms with Gasteiger partial charge in [-0.2, -0.15) is 0 Å². The average Bonchev–Trinajstić information content (AvgIpc) is 2.52. The van der Waals surface area contributed by atoms with E-state index < -0.39 is 5.60 Å². The van der Waals surface area contributed by atoms with Crippen LogP contribution in [0.1, 0.15) is 44.1 Å². The van der Waals surface area contributed by atoms with Crippen LogP contribution in [0.5, 0.6) is 0 Å². The predicted molar refractivity (Wildman–Crippen MR) is 85.0 cm³/mol. The highest BCUT2D eigenvalue weighted by molar-refractivity contribution is 5.92. The van der Waals surface area contributed by atoms with Crippen molar-refractivity contribution in [1.29, 1.82) is 0 Å². The van der Waals surface area contributed by atoms with Gasteiger partial charge in [0.15, 0.2) is 0 Å². The highest BCUT2D eigenvalue weighted by atomic mass is 16.6. The smallest absolute Gasteiger partial charge is 0.410 e. The van der Waals surface area contributed by atoms with Gasteiger partial charge in [0.25, 0.3) is 5.91 Å². The number of amides is 2. The van der Waals surface area contributed by atoms with Crippen molar-refractivity contribution in [3.8, 4) is 0 Å². The van der Waals surface area contributed by atoms with E-state index in [2.05, 4.69) is 9.97 Å². The van der Waals surface area contributed by atoms with Crippen LogP contribution in [0.2, 0.25) is 0 Å². The number of rotatable bonds is 2. The lowest BCUT2D eigenvalue weighted by Crippen LogP contribution is -2.51. The molecule has 0 saturated carbocycles. The number of carbonyl (C=O) groups is 2. The van der Waals surface area contributed by atoms with Crippen molar-refractivity contribution >= 4 is 12.0 Å². The zero-order valence-corrected chi connectivity index (χ0v) is 14.2. The minimum Gasteiger partial charge on any atom is -0.444 e. The minimum absolute atomic E-state index is 0.0563. The molecule has 0 bridgehead atoms. The number of likely N-dealkylation sites (N-methyl/N-ethyl adjacent to an activating group) is 1. The molecule has 0 unspecified atom stereocenters. The van der Waals surface area contributed by atoms with Gasteiger partial charge in [0.2, 0.25) is 0 Å². The van der Waals surface area contributed by atoms with Gasteiger partial charge < -0.3 is 14.5 Å². The Labute approximate surface area is 136 Å². The molecule has 23 heavy (non-hydrogen) atoms. The highest BCUT2D eigenvalue weighted by Gasteiger charge is 2.31. The quantitative estimate of drug-likeness (QED) is 0.832. The van der Waals surface area contributed by atoms with Crippen molar-refractivity contribution in [2.24, 2.45) is 0 Å². The van der Waals surface area contributed by atoms with Gasteiger partial charge in [-0.05, 0) is 33.6 Å². The van der Waals surface area contributed by atoms with Crippen LogP contribution < -0.4 is 0 Å². The van der Waals surface area contributed by atoms with Gasteiger partial charge >= 0.3 is 6.09 Å². The molecule has 0 radical (unpaired) electrons. The van der Waals surface area contributed by atoms with Crippen LogP contribution in [-0.2, 0) is 4.74 Å². The maximum atomic E-state index is 12.5. The Balaban J connectivity index is 2.00. The molecule has 0 aliphatic carbocycles. The highest BCUT2D eigenvalue weighted by Crippen LogP contribution is 2.19. The Bertz CT molecular complexity index is 556. The van der Waals surface area contributed by atoms with Gasteiger partial charge in [0.1, 0.15) is 11.3 Å². The largest absolute Gasteiger partial charge is 0.444 e. The number of piperidine rings is 1. The molecule has 1 aliphatic rings. The number of hydrogen-bond donors (Lipinski definition) is 0. The zero-order valence-electron chi connectivity index (χ0n) is 14.2. The average molecular weight is 320 g/mol. The van der Waals surface area contributed by atoms with Crippen molar-refractivity contribution in [3.05, 3.63) is 24.3 Å². The summed E-state index contributed by atoms with van der Waals surface area (Å²) in [6.45, 7) is 6.65. The van der Waals surface area contributed by atoms with Crippen molar-refractivity contribution in [2.75, 3.05) is 20.1 Å². The molecule has 1 atom stereocenters. The van der Waals surface area contributed by atoms with E-state index in [1.165, 1.54) is 18.6 Å². The third kappa shape index (κ3) is 4.64. The van der Waals surface area contributed by atoms with E-state index >= 15 is 0 Å². The van der Waals surface area contributed by atoms with Crippen LogP contribution in [0.4, 0.5) is 4.79 Å². The molecule has 1 aromatic heterocycles. The standard InChI is InChI=1S/C16H24N4O3/c1-16(2,3)23-15(22)19(4)12-6-5-9-20(11-12)14(21)13-10-17-7-8-18-13/h7-8,10,12H,5-6,9,11H2,1-4H3/t12-/m1/s1. The van der Waals surface area contributed by atoms with Crippen LogP contribution in [-0.4, -0.2) is 63.5 Å². The Morgan fingerprint density at radius 1 is 1.35 bits per heavy atom. The lowest BCUT2D eigenvalue weighted by atomic mass is 10.0. The molecule has 0 N–H and O–H groups in total. The molecule has 1 saturated heterocycles. The van der Waals surface area contributed by atoms with E-state index in [0.29, 0.717) is 18.8 Å². The molecule has 1 aromatic rings. The first-order valence-corrected chi connectivity index (χ1v) is 7.79. The monoisotopic (exact) mass is 320 g/mol. The molecule has 2 amide bonds. The summed E-state index contributed by atoms with van der Waals surface area (Å²) >= 11 is 0. The number of nitrogens with zero attached hydrogens (tertiary/aromatic N) is 4. The van der Waals surface area contributed by atoms with E-state index in [1.54, 1.807) is 16.8 Å². The van der Waals surface area contributed by atoms with Crippen LogP contribution in [0.25, 0.3) is 0 Å². The number of carbonyl (C=O) groups excluding carboxylic acids is 2. The molecule has 2 rings (SSSR count). The van der Waals surface area contributed by atoms with E-state index in [0.717, 1.165) is 12.8 Å². The Morgan fingerprint density at radius 3 is 2.70 bits per heavy atom. The van der Waals surface area contributed by atoms with E-state index in [4.69, 9.17) is 4.74 Å². The van der Waals surface area contributed by atoms with Crippen molar-refractivity contribution < 1.29 is 14.3 Å². The first kappa shape index (κ1) is 17.2. The van der Waals surface area contributed by atoms with E-state index in [-0.39, 0.29) is 18.0 Å². The Kier molecular flexibility index (Phi) is 5.18. The molecule has 126 valence electrons. The summed E-state index contributed by atoms with van der Waals surface area (Å²) in [6, 6.07) is -0.0563. The second-order valence-electron chi connectivity index (χ2n) is 6.73. The summed E-state index contributed by atoms with van der Waals surface area (Å²) in [5.41, 5.74) is -0.206. The fourth-order valence-electron chi connectivity index (χ4n) is 2.51. The fraction of sp³-hybridized carbons (Fsp3) is 0.625. The number of hydrogen-bond acceptors (Lipinski definition) is 5. The first-order valence-electron chi connectivity index (χ1n) is 7.79. The minimum atomic E-state index is -0.533. The maximum absolute atomic E-state index is 12.5. The summed E-state index contributed by atoms with van der Waals surface area (Å²) in [6.07, 6.45) is 5.82. The molecule has 7 heteroatoms. The summed E-state index contributed by atoms with van der Waals surface area (Å²) in [5, 5.41) is 0. The van der Waals surface area contributed by atoms with E-state index in [9.17, 15) is 9.59 Å². The van der Waals surface area contributed by atoms with Crippen LogP contribution in [0, 0.1) is 0 Å². The predicted octanol–water partition coefficient (Wildman–Crippen LogP) is 1.95. The number of ether oxygens (including phenoxy) is 1. The normalized spacial score (nSPS) is 18.4. The van der Waals surface area contributed by atoms with Gasteiger partial charge in [-0.15, -0.1) is 0 Å². The lowest BCUT2D eigenvalue weighted by Gasteiger charge is -2.37. The van der Waals surface area contributed by atoms with Crippen molar-refractivity contribution in [2.45, 2.75) is 45.3 Å². The second kappa shape index (κ2) is 6.93. The van der Waals surface area contributed by atoms with Crippen LogP contribution in [0.15, 0.2) is 18.6 Å². The van der Waals surface area contributed by atoms with Gasteiger partial charge in [-0.3, -0.25) is 9.78 Å². The maximum Gasteiger partial charge on any atom is 0.410 e. The fourth-order valence-corrected chi connectivity index (χ4v) is 2.51. The SMILES string of the molecule is CN(C(=O)OC(C)(C)C)[C@@H]1CCCN(C(=O)c2cnccn2)C1. The van der Waals surface area contributed by atoms with Crippen molar-refractivity contribution in [3.63, 3.8) is 0 Å². The Morgan fingerprint density at radius 2 is 2.09 bits per heavy atom. The number of likely N-dealkylation sites (tertiary alicyclic amines) is 1. The van der Waals surface area contributed by atoms with Gasteiger partial charge in [-0.25, -0.2) is 9.78 Å². The van der Waals surface area contributed by atoms with Crippen LogP contribution >= 0.6 is 0 Å². The van der Waals surface area contributed by atoms with Gasteiger partial charge in [0, 0.05) is 32.5 Å². The molecule has 7 nitrogen and oxygen atoms in total. The molecule has 1 fully saturated rings. The summed E-state index contributed by atoms with van der Waals surface area (Å²) in [5.74, 6) is -0.152. The van der Waals surface area contributed by atoms with Crippen LogP contribution in [0.3, 0.4) is 0 Å². The molecular weight excluding hydrogens is 296 g/mol. The zero-order chi connectivity index (χ0) is 17.0. The van der Waals surface area contributed by atoms with E-state index in [1.807, 2.05) is 20.8 Å². The topological polar surface area (TPSA) is 75.6 Å². The summed E-state index contributed by atoms with van der Waals surface area (Å²) < 4.78 is 5.39. The third-order valence-electron chi connectivity index (χ3n) is 3.70. The van der Waals surface area contributed by atoms with Gasteiger partial charge in [0.05, 0.1) is 12.2 Å². The summed E-state index contributed by atoms with van der Waals surface area (Å²) in [7, 11) is 1.72. The van der Waals surface area contributed by atoms with Crippen molar-refractivity contribution in [1.82, 2.24) is 19.8 Å². The number of aromatic nitrogens is 2. The molecular formula is C16H24N4O3. The van der Waals surface area contributed by atoms with Gasteiger partial charge in [-0.1, -0.05) is 0 Å². The molecule has 1 aliphatic heterocycles. The summed E-state index contributed by atoms with van der Waals surface area (Å²) in [4.78, 5) is 35.9. The first-order chi connectivity index (χ1) is 10.8. The molecule has 2 heterocycles. The third-order valence-corrected chi connectivity index (χ3v) is 3.70. The molecule has 0 spiro atoms. The Hall–Kier alpha value is -2.18. The molecule has 0 aromatic carbocycles.